The Morgan fingerprint density at radius 3 is 2.52 bits per heavy atom. The van der Waals surface area contributed by atoms with Gasteiger partial charge in [-0.15, -0.1) is 12.4 Å². The lowest BCUT2D eigenvalue weighted by atomic mass is 9.82. The predicted molar refractivity (Wildman–Crippen MR) is 93.0 cm³/mol. The lowest BCUT2D eigenvalue weighted by molar-refractivity contribution is 0.324. The van der Waals surface area contributed by atoms with Gasteiger partial charge in [0.2, 0.25) is 0 Å². The van der Waals surface area contributed by atoms with Gasteiger partial charge in [-0.3, -0.25) is 0 Å². The second kappa shape index (κ2) is 8.87. The van der Waals surface area contributed by atoms with Gasteiger partial charge in [-0.25, -0.2) is 0 Å². The van der Waals surface area contributed by atoms with Crippen LogP contribution in [0.5, 0.6) is 5.75 Å². The highest BCUT2D eigenvalue weighted by molar-refractivity contribution is 6.30. The van der Waals surface area contributed by atoms with E-state index in [4.69, 9.17) is 22.1 Å². The summed E-state index contributed by atoms with van der Waals surface area (Å²) in [6.45, 7) is 4.75. The van der Waals surface area contributed by atoms with E-state index in [9.17, 15) is 0 Å². The van der Waals surface area contributed by atoms with Gasteiger partial charge < -0.3 is 10.5 Å². The highest BCUT2D eigenvalue weighted by atomic mass is 35.5. The molecule has 0 spiro atoms. The molecule has 0 radical (unpaired) electrons. The molecular weight excluding hydrogens is 305 g/mol. The van der Waals surface area contributed by atoms with E-state index in [0.717, 1.165) is 22.8 Å². The number of ether oxygens (including phenoxy) is 1. The topological polar surface area (TPSA) is 35.2 Å². The van der Waals surface area contributed by atoms with Gasteiger partial charge in [0.25, 0.3) is 0 Å². The first-order chi connectivity index (χ1) is 9.61. The smallest absolute Gasteiger partial charge is 0.126 e. The Kier molecular flexibility index (Phi) is 7.86. The molecule has 1 unspecified atom stereocenters. The molecule has 0 heterocycles. The first-order valence-electron chi connectivity index (χ1n) is 7.82. The first kappa shape index (κ1) is 18.6. The van der Waals surface area contributed by atoms with E-state index < -0.39 is 0 Å². The second-order valence-corrected chi connectivity index (χ2v) is 6.37. The molecule has 2 nitrogen and oxygen atoms in total. The van der Waals surface area contributed by atoms with Crippen molar-refractivity contribution in [2.45, 2.75) is 64.3 Å². The summed E-state index contributed by atoms with van der Waals surface area (Å²) in [5.41, 5.74) is 8.43. The zero-order valence-corrected chi connectivity index (χ0v) is 14.6. The van der Waals surface area contributed by atoms with Crippen LogP contribution in [0.3, 0.4) is 0 Å². The van der Waals surface area contributed by atoms with E-state index in [1.165, 1.54) is 37.7 Å². The minimum Gasteiger partial charge on any atom is -0.493 e. The molecule has 0 saturated heterocycles. The van der Waals surface area contributed by atoms with Crippen LogP contribution < -0.4 is 10.5 Å². The summed E-state index contributed by atoms with van der Waals surface area (Å²) in [6.07, 6.45) is 7.29. The molecular formula is C17H27Cl2NO. The quantitative estimate of drug-likeness (QED) is 0.814. The van der Waals surface area contributed by atoms with Gasteiger partial charge in [0.15, 0.2) is 0 Å². The van der Waals surface area contributed by atoms with Crippen molar-refractivity contribution in [2.24, 2.45) is 5.73 Å². The summed E-state index contributed by atoms with van der Waals surface area (Å²) in [7, 11) is 0. The van der Waals surface area contributed by atoms with Crippen LogP contribution in [-0.2, 0) is 6.42 Å². The summed E-state index contributed by atoms with van der Waals surface area (Å²) in [6, 6.07) is 4.24. The summed E-state index contributed by atoms with van der Waals surface area (Å²) < 4.78 is 5.96. The van der Waals surface area contributed by atoms with Crippen LogP contribution in [0.15, 0.2) is 12.1 Å². The average Bonchev–Trinajstić information content (AvgIpc) is 2.42. The van der Waals surface area contributed by atoms with Crippen LogP contribution in [-0.4, -0.2) is 12.6 Å². The Bertz CT molecular complexity index is 443. The number of benzene rings is 1. The third-order valence-electron chi connectivity index (χ3n) is 4.03. The highest BCUT2D eigenvalue weighted by Crippen LogP contribution is 2.41. The molecule has 1 fully saturated rings. The molecule has 0 amide bonds. The molecule has 0 aromatic heterocycles. The molecule has 2 rings (SSSR count). The summed E-state index contributed by atoms with van der Waals surface area (Å²) in [4.78, 5) is 0. The molecule has 0 bridgehead atoms. The lowest BCUT2D eigenvalue weighted by Crippen LogP contribution is -2.19. The van der Waals surface area contributed by atoms with Crippen molar-refractivity contribution in [3.8, 4) is 5.75 Å². The van der Waals surface area contributed by atoms with E-state index in [0.29, 0.717) is 12.5 Å². The van der Waals surface area contributed by atoms with Gasteiger partial charge in [-0.2, -0.15) is 0 Å². The van der Waals surface area contributed by atoms with Gasteiger partial charge >= 0.3 is 0 Å². The Morgan fingerprint density at radius 1 is 1.29 bits per heavy atom. The molecule has 1 saturated carbocycles. The summed E-state index contributed by atoms with van der Waals surface area (Å²) >= 11 is 6.33. The van der Waals surface area contributed by atoms with Gasteiger partial charge in [0.1, 0.15) is 5.75 Å². The number of rotatable bonds is 5. The Morgan fingerprint density at radius 2 is 1.95 bits per heavy atom. The Labute approximate surface area is 139 Å². The molecule has 1 aromatic carbocycles. The van der Waals surface area contributed by atoms with Crippen molar-refractivity contribution >= 4 is 24.0 Å². The molecule has 0 aliphatic heterocycles. The van der Waals surface area contributed by atoms with E-state index in [2.05, 4.69) is 6.07 Å². The summed E-state index contributed by atoms with van der Waals surface area (Å²) in [5, 5.41) is 0.810. The molecule has 21 heavy (non-hydrogen) atoms. The van der Waals surface area contributed by atoms with Crippen LogP contribution in [0.2, 0.25) is 5.02 Å². The zero-order valence-electron chi connectivity index (χ0n) is 13.0. The van der Waals surface area contributed by atoms with Gasteiger partial charge in [-0.05, 0) is 62.3 Å². The molecule has 1 aromatic rings. The first-order valence-corrected chi connectivity index (χ1v) is 8.20. The van der Waals surface area contributed by atoms with Crippen molar-refractivity contribution < 1.29 is 4.74 Å². The SMILES string of the molecule is CCOc1c(CC(C)N)cc(Cl)cc1C1CCCCC1.Cl. The second-order valence-electron chi connectivity index (χ2n) is 5.93. The average molecular weight is 332 g/mol. The fraction of sp³-hybridized carbons (Fsp3) is 0.647. The van der Waals surface area contributed by atoms with Crippen molar-refractivity contribution in [1.29, 1.82) is 0 Å². The zero-order chi connectivity index (χ0) is 14.5. The van der Waals surface area contributed by atoms with Crippen LogP contribution in [0.4, 0.5) is 0 Å². The number of hydrogen-bond donors (Lipinski definition) is 1. The summed E-state index contributed by atoms with van der Waals surface area (Å²) in [5.74, 6) is 1.64. The molecule has 1 aliphatic rings. The predicted octanol–water partition coefficient (Wildman–Crippen LogP) is 5.10. The van der Waals surface area contributed by atoms with E-state index in [-0.39, 0.29) is 18.4 Å². The maximum absolute atomic E-state index is 6.33. The van der Waals surface area contributed by atoms with E-state index >= 15 is 0 Å². The Hall–Kier alpha value is -0.440. The van der Waals surface area contributed by atoms with Crippen LogP contribution >= 0.6 is 24.0 Å². The number of nitrogens with two attached hydrogens (primary N) is 1. The fourth-order valence-corrected chi connectivity index (χ4v) is 3.46. The van der Waals surface area contributed by atoms with Crippen LogP contribution in [0, 0.1) is 0 Å². The normalized spacial score (nSPS) is 17.1. The van der Waals surface area contributed by atoms with Crippen LogP contribution in [0.25, 0.3) is 0 Å². The van der Waals surface area contributed by atoms with Crippen molar-refractivity contribution in [3.05, 3.63) is 28.3 Å². The minimum absolute atomic E-state index is 0. The third-order valence-corrected chi connectivity index (χ3v) is 4.25. The third kappa shape index (κ3) is 5.05. The van der Waals surface area contributed by atoms with Crippen molar-refractivity contribution in [2.75, 3.05) is 6.61 Å². The van der Waals surface area contributed by atoms with Gasteiger partial charge in [-0.1, -0.05) is 30.9 Å². The van der Waals surface area contributed by atoms with Gasteiger partial charge in [0.05, 0.1) is 6.61 Å². The molecule has 2 N–H and O–H groups in total. The molecule has 4 heteroatoms. The van der Waals surface area contributed by atoms with Crippen molar-refractivity contribution in [3.63, 3.8) is 0 Å². The maximum atomic E-state index is 6.33. The Balaban J connectivity index is 0.00000220. The highest BCUT2D eigenvalue weighted by Gasteiger charge is 2.22. The standard InChI is InChI=1S/C17H26ClNO.ClH/c1-3-20-17-14(9-12(2)19)10-15(18)11-16(17)13-7-5-4-6-8-13;/h10-13H,3-9,19H2,1-2H3;1H. The van der Waals surface area contributed by atoms with Crippen LogP contribution in [0.1, 0.15) is 63.0 Å². The fourth-order valence-electron chi connectivity index (χ4n) is 3.21. The van der Waals surface area contributed by atoms with E-state index in [1.54, 1.807) is 0 Å². The molecule has 120 valence electrons. The molecule has 1 atom stereocenters. The maximum Gasteiger partial charge on any atom is 0.126 e. The van der Waals surface area contributed by atoms with Gasteiger partial charge in [0, 0.05) is 11.1 Å². The number of hydrogen-bond acceptors (Lipinski definition) is 2. The number of halogens is 2. The molecule has 1 aliphatic carbocycles. The minimum atomic E-state index is 0. The monoisotopic (exact) mass is 331 g/mol. The van der Waals surface area contributed by atoms with Crippen molar-refractivity contribution in [1.82, 2.24) is 0 Å². The largest absolute Gasteiger partial charge is 0.493 e. The van der Waals surface area contributed by atoms with E-state index in [1.807, 2.05) is 19.9 Å². The lowest BCUT2D eigenvalue weighted by Gasteiger charge is -2.26.